The van der Waals surface area contributed by atoms with Crippen LogP contribution in [0.1, 0.15) is 6.42 Å². The Morgan fingerprint density at radius 3 is 1.58 bits per heavy atom. The molecule has 0 rings (SSSR count). The van der Waals surface area contributed by atoms with Gasteiger partial charge in [0.15, 0.2) is 0 Å². The minimum absolute atomic E-state index is 0.315. The maximum atomic E-state index is 10.7. The molecule has 0 aromatic rings. The van der Waals surface area contributed by atoms with Crippen molar-refractivity contribution < 1.29 is 36.1 Å². The number of rotatable bonds is 12. The number of carbonyl (C=O) groups excluding carboxylic acids is 1. The molecule has 0 aromatic heterocycles. The SMILES string of the molecule is C=CC(=O)OCCC[Si](OC)(OC)OC.C=C[Si](OC)(OC)OC. The third-order valence-electron chi connectivity index (χ3n) is 3.07. The third kappa shape index (κ3) is 9.44. The van der Waals surface area contributed by atoms with Crippen LogP contribution in [0, 0.1) is 0 Å². The summed E-state index contributed by atoms with van der Waals surface area (Å²) < 4.78 is 35.3. The minimum atomic E-state index is -2.52. The summed E-state index contributed by atoms with van der Waals surface area (Å²) in [5.74, 6) is -0.422. The molecule has 142 valence electrons. The van der Waals surface area contributed by atoms with Gasteiger partial charge >= 0.3 is 23.6 Å². The van der Waals surface area contributed by atoms with Crippen LogP contribution in [0.5, 0.6) is 0 Å². The van der Waals surface area contributed by atoms with Gasteiger partial charge in [-0.15, -0.1) is 0 Å². The zero-order valence-electron chi connectivity index (χ0n) is 15.5. The summed E-state index contributed by atoms with van der Waals surface area (Å²) >= 11 is 0. The number of hydrogen-bond acceptors (Lipinski definition) is 8. The first-order valence-electron chi connectivity index (χ1n) is 7.12. The van der Waals surface area contributed by atoms with Crippen LogP contribution in [0.2, 0.25) is 6.04 Å². The fourth-order valence-corrected chi connectivity index (χ4v) is 4.27. The summed E-state index contributed by atoms with van der Waals surface area (Å²) in [4.78, 5) is 10.7. The van der Waals surface area contributed by atoms with Crippen molar-refractivity contribution in [1.82, 2.24) is 0 Å². The second-order valence-electron chi connectivity index (χ2n) is 4.19. The van der Waals surface area contributed by atoms with Gasteiger partial charge in [0.1, 0.15) is 0 Å². The highest BCUT2D eigenvalue weighted by Crippen LogP contribution is 2.14. The van der Waals surface area contributed by atoms with Crippen LogP contribution >= 0.6 is 0 Å². The normalized spacial score (nSPS) is 11.2. The molecule has 0 aliphatic rings. The molecule has 0 aliphatic carbocycles. The van der Waals surface area contributed by atoms with E-state index in [0.717, 1.165) is 6.08 Å². The smallest absolute Gasteiger partial charge is 0.463 e. The van der Waals surface area contributed by atoms with Gasteiger partial charge in [0.2, 0.25) is 0 Å². The molecule has 0 radical (unpaired) electrons. The largest absolute Gasteiger partial charge is 0.528 e. The molecule has 0 N–H and O–H groups in total. The lowest BCUT2D eigenvalue weighted by Gasteiger charge is -2.23. The minimum Gasteiger partial charge on any atom is -0.463 e. The van der Waals surface area contributed by atoms with E-state index in [1.807, 2.05) is 0 Å². The zero-order valence-corrected chi connectivity index (χ0v) is 17.5. The van der Waals surface area contributed by atoms with Crippen molar-refractivity contribution in [3.05, 3.63) is 24.9 Å². The Kier molecular flexibility index (Phi) is 15.3. The van der Waals surface area contributed by atoms with Gasteiger partial charge in [0.25, 0.3) is 0 Å². The van der Waals surface area contributed by atoms with Crippen molar-refractivity contribution >= 4 is 23.6 Å². The molecule has 8 nitrogen and oxygen atoms in total. The molecule has 0 saturated heterocycles. The number of esters is 1. The maximum Gasteiger partial charge on any atom is 0.528 e. The molecule has 10 heteroatoms. The van der Waals surface area contributed by atoms with Gasteiger partial charge in [-0.1, -0.05) is 13.2 Å². The Labute approximate surface area is 147 Å². The molecule has 24 heavy (non-hydrogen) atoms. The Bertz CT molecular complexity index is 340. The van der Waals surface area contributed by atoms with Gasteiger partial charge in [0, 0.05) is 54.8 Å². The van der Waals surface area contributed by atoms with E-state index in [2.05, 4.69) is 13.2 Å². The van der Waals surface area contributed by atoms with Gasteiger partial charge < -0.3 is 31.3 Å². The Balaban J connectivity index is 0. The molecule has 0 amide bonds. The highest BCUT2D eigenvalue weighted by molar-refractivity contribution is 6.66. The van der Waals surface area contributed by atoms with Crippen LogP contribution in [0.3, 0.4) is 0 Å². The first-order chi connectivity index (χ1) is 11.4. The van der Waals surface area contributed by atoms with Crippen LogP contribution in [0.25, 0.3) is 0 Å². The molecular formula is C14H30O8Si2. The topological polar surface area (TPSA) is 81.7 Å². The van der Waals surface area contributed by atoms with E-state index in [-0.39, 0.29) is 0 Å². The van der Waals surface area contributed by atoms with E-state index in [0.29, 0.717) is 19.1 Å². The molecule has 0 fully saturated rings. The van der Waals surface area contributed by atoms with Gasteiger partial charge in [-0.25, -0.2) is 4.79 Å². The summed E-state index contributed by atoms with van der Waals surface area (Å²) in [6.07, 6.45) is 1.77. The van der Waals surface area contributed by atoms with E-state index in [9.17, 15) is 4.79 Å². The average molecular weight is 383 g/mol. The Morgan fingerprint density at radius 1 is 0.875 bits per heavy atom. The first kappa shape index (κ1) is 25.4. The summed E-state index contributed by atoms with van der Waals surface area (Å²) in [5, 5.41) is 0. The summed E-state index contributed by atoms with van der Waals surface area (Å²) in [6.45, 7) is 7.14. The highest BCUT2D eigenvalue weighted by Gasteiger charge is 2.37. The van der Waals surface area contributed by atoms with Crippen molar-refractivity contribution in [1.29, 1.82) is 0 Å². The van der Waals surface area contributed by atoms with Crippen LogP contribution < -0.4 is 0 Å². The van der Waals surface area contributed by atoms with E-state index in [4.69, 9.17) is 31.3 Å². The van der Waals surface area contributed by atoms with Crippen molar-refractivity contribution in [2.75, 3.05) is 49.3 Å². The van der Waals surface area contributed by atoms with E-state index in [1.54, 1.807) is 48.4 Å². The predicted molar refractivity (Wildman–Crippen MR) is 94.3 cm³/mol. The lowest BCUT2D eigenvalue weighted by atomic mass is 10.5. The lowest BCUT2D eigenvalue weighted by Crippen LogP contribution is -2.42. The molecular weight excluding hydrogens is 352 g/mol. The fourth-order valence-electron chi connectivity index (χ4n) is 1.58. The lowest BCUT2D eigenvalue weighted by molar-refractivity contribution is -0.137. The highest BCUT2D eigenvalue weighted by atomic mass is 28.4. The fraction of sp³-hybridized carbons (Fsp3) is 0.643. The molecule has 0 spiro atoms. The second-order valence-corrected chi connectivity index (χ2v) is 10.1. The van der Waals surface area contributed by atoms with Crippen molar-refractivity contribution in [3.8, 4) is 0 Å². The van der Waals surface area contributed by atoms with Gasteiger partial charge in [-0.2, -0.15) is 0 Å². The standard InChI is InChI=1S/C9H18O5Si.C5H12O3Si/c1-5-9(10)14-7-6-8-15(11-2,12-3)13-4;1-5-9(6-2,7-3)8-4/h5H,1,6-8H2,2-4H3;5H,1H2,2-4H3. The molecule has 0 aliphatic heterocycles. The van der Waals surface area contributed by atoms with Crippen LogP contribution in [-0.2, 0) is 36.1 Å². The van der Waals surface area contributed by atoms with Crippen molar-refractivity contribution in [2.45, 2.75) is 12.5 Å². The molecule has 0 aromatic carbocycles. The number of carbonyl (C=O) groups is 1. The van der Waals surface area contributed by atoms with Gasteiger partial charge in [-0.3, -0.25) is 0 Å². The van der Waals surface area contributed by atoms with E-state index >= 15 is 0 Å². The Hall–Kier alpha value is -0.856. The molecule has 0 unspecified atom stereocenters. The molecule has 0 saturated carbocycles. The average Bonchev–Trinajstić information content (AvgIpc) is 2.65. The Morgan fingerprint density at radius 2 is 1.33 bits per heavy atom. The number of hydrogen-bond donors (Lipinski definition) is 0. The first-order valence-corrected chi connectivity index (χ1v) is 10.9. The summed E-state index contributed by atoms with van der Waals surface area (Å²) in [7, 11) is 4.34. The second kappa shape index (κ2) is 14.5. The summed E-state index contributed by atoms with van der Waals surface area (Å²) in [6, 6.07) is 0.612. The van der Waals surface area contributed by atoms with E-state index < -0.39 is 23.6 Å². The quantitative estimate of drug-likeness (QED) is 0.218. The zero-order chi connectivity index (χ0) is 19.1. The van der Waals surface area contributed by atoms with Crippen LogP contribution in [0.15, 0.2) is 24.9 Å². The number of ether oxygens (including phenoxy) is 1. The molecule has 0 heterocycles. The third-order valence-corrected chi connectivity index (χ3v) is 8.11. The van der Waals surface area contributed by atoms with Crippen LogP contribution in [-0.4, -0.2) is 72.8 Å². The van der Waals surface area contributed by atoms with Crippen LogP contribution in [0.4, 0.5) is 0 Å². The predicted octanol–water partition coefficient (Wildman–Crippen LogP) is 1.57. The summed E-state index contributed by atoms with van der Waals surface area (Å²) in [5.41, 5.74) is 1.58. The van der Waals surface area contributed by atoms with E-state index in [1.165, 1.54) is 0 Å². The van der Waals surface area contributed by atoms with Crippen molar-refractivity contribution in [3.63, 3.8) is 0 Å². The van der Waals surface area contributed by atoms with Gasteiger partial charge in [0.05, 0.1) is 6.61 Å². The van der Waals surface area contributed by atoms with Crippen molar-refractivity contribution in [2.24, 2.45) is 0 Å². The maximum absolute atomic E-state index is 10.7. The van der Waals surface area contributed by atoms with Gasteiger partial charge in [-0.05, 0) is 12.1 Å². The monoisotopic (exact) mass is 382 g/mol. The molecule has 0 bridgehead atoms. The molecule has 0 atom stereocenters.